The predicted octanol–water partition coefficient (Wildman–Crippen LogP) is 2.85. The minimum absolute atomic E-state index is 0.238. The third-order valence-electron chi connectivity index (χ3n) is 3.46. The minimum atomic E-state index is 0.238. The Bertz CT molecular complexity index is 866. The van der Waals surface area contributed by atoms with Crippen molar-refractivity contribution in [2.75, 3.05) is 6.79 Å². The molecule has 0 radical (unpaired) electrons. The van der Waals surface area contributed by atoms with Crippen molar-refractivity contribution < 1.29 is 13.9 Å². The van der Waals surface area contributed by atoms with E-state index in [1.54, 1.807) is 12.3 Å². The summed E-state index contributed by atoms with van der Waals surface area (Å²) in [6.07, 6.45) is 7.39. The number of benzene rings is 1. The van der Waals surface area contributed by atoms with Crippen molar-refractivity contribution in [2.45, 2.75) is 13.5 Å². The first-order valence-electron chi connectivity index (χ1n) is 7.26. The van der Waals surface area contributed by atoms with Gasteiger partial charge in [0.1, 0.15) is 0 Å². The Balaban J connectivity index is 1.54. The van der Waals surface area contributed by atoms with Crippen LogP contribution >= 0.6 is 0 Å². The Labute approximate surface area is 132 Å². The average Bonchev–Trinajstić information content (AvgIpc) is 3.31. The van der Waals surface area contributed by atoms with Gasteiger partial charge < -0.3 is 13.9 Å². The Hall–Kier alpha value is -3.09. The normalized spacial score (nSPS) is 13.1. The van der Waals surface area contributed by atoms with Crippen LogP contribution in [-0.2, 0) is 6.54 Å². The van der Waals surface area contributed by atoms with Gasteiger partial charge in [-0.1, -0.05) is 0 Å². The predicted molar refractivity (Wildman–Crippen MR) is 82.7 cm³/mol. The van der Waals surface area contributed by atoms with Crippen molar-refractivity contribution in [3.8, 4) is 23.0 Å². The van der Waals surface area contributed by atoms with Crippen LogP contribution in [0.2, 0.25) is 0 Å². The van der Waals surface area contributed by atoms with Crippen LogP contribution in [0, 0.1) is 0 Å². The second kappa shape index (κ2) is 5.60. The molecular formula is C16H14N4O3. The van der Waals surface area contributed by atoms with Gasteiger partial charge in [0.15, 0.2) is 11.5 Å². The van der Waals surface area contributed by atoms with E-state index in [0.717, 1.165) is 23.4 Å². The molecule has 3 heterocycles. The maximum absolute atomic E-state index is 5.65. The summed E-state index contributed by atoms with van der Waals surface area (Å²) in [4.78, 5) is 0. The summed E-state index contributed by atoms with van der Waals surface area (Å²) in [6.45, 7) is 3.11. The molecule has 0 spiro atoms. The molecule has 0 saturated heterocycles. The molecule has 2 aromatic heterocycles. The number of aromatic nitrogens is 4. The Morgan fingerprint density at radius 1 is 1.17 bits per heavy atom. The molecule has 0 amide bonds. The maximum Gasteiger partial charge on any atom is 0.248 e. The fourth-order valence-electron chi connectivity index (χ4n) is 2.25. The van der Waals surface area contributed by atoms with Crippen LogP contribution in [0.1, 0.15) is 18.4 Å². The largest absolute Gasteiger partial charge is 0.454 e. The molecule has 0 unspecified atom stereocenters. The van der Waals surface area contributed by atoms with Gasteiger partial charge in [-0.15, -0.1) is 10.2 Å². The number of rotatable bonds is 4. The van der Waals surface area contributed by atoms with Gasteiger partial charge >= 0.3 is 0 Å². The Kier molecular flexibility index (Phi) is 3.30. The molecule has 0 aliphatic carbocycles. The van der Waals surface area contributed by atoms with Crippen LogP contribution in [0.15, 0.2) is 35.0 Å². The molecule has 0 fully saturated rings. The van der Waals surface area contributed by atoms with Gasteiger partial charge in [0.25, 0.3) is 0 Å². The second-order valence-electron chi connectivity index (χ2n) is 4.98. The third kappa shape index (κ3) is 2.68. The van der Waals surface area contributed by atoms with Crippen molar-refractivity contribution in [3.63, 3.8) is 0 Å². The quantitative estimate of drug-likeness (QED) is 0.737. The molecule has 0 bridgehead atoms. The lowest BCUT2D eigenvalue weighted by molar-refractivity contribution is 0.174. The zero-order valence-electron chi connectivity index (χ0n) is 12.5. The molecule has 7 heteroatoms. The van der Waals surface area contributed by atoms with Crippen molar-refractivity contribution in [3.05, 3.63) is 42.0 Å². The SMILES string of the molecule is CCn1cc(/C=C/c2nnc(-c3ccc4c(c3)OCO4)o2)cn1. The van der Waals surface area contributed by atoms with Gasteiger partial charge in [-0.25, -0.2) is 0 Å². The highest BCUT2D eigenvalue weighted by atomic mass is 16.7. The van der Waals surface area contributed by atoms with Crippen LogP contribution < -0.4 is 9.47 Å². The number of nitrogens with zero attached hydrogens (tertiary/aromatic N) is 4. The maximum atomic E-state index is 5.65. The summed E-state index contributed by atoms with van der Waals surface area (Å²) in [5.74, 6) is 2.28. The molecule has 23 heavy (non-hydrogen) atoms. The molecule has 0 saturated carbocycles. The highest BCUT2D eigenvalue weighted by molar-refractivity contribution is 5.66. The summed E-state index contributed by atoms with van der Waals surface area (Å²) in [7, 11) is 0. The molecule has 1 aliphatic rings. The van der Waals surface area contributed by atoms with Crippen molar-refractivity contribution in [1.82, 2.24) is 20.0 Å². The van der Waals surface area contributed by atoms with E-state index in [9.17, 15) is 0 Å². The molecule has 1 aliphatic heterocycles. The molecule has 0 N–H and O–H groups in total. The van der Waals surface area contributed by atoms with Crippen LogP contribution in [0.3, 0.4) is 0 Å². The zero-order valence-corrected chi connectivity index (χ0v) is 12.5. The zero-order chi connectivity index (χ0) is 15.6. The van der Waals surface area contributed by atoms with E-state index in [1.807, 2.05) is 42.1 Å². The fraction of sp³-hybridized carbons (Fsp3) is 0.188. The number of ether oxygens (including phenoxy) is 2. The number of aryl methyl sites for hydroxylation is 1. The highest BCUT2D eigenvalue weighted by Gasteiger charge is 2.16. The summed E-state index contributed by atoms with van der Waals surface area (Å²) in [5, 5.41) is 12.3. The van der Waals surface area contributed by atoms with E-state index >= 15 is 0 Å². The summed E-state index contributed by atoms with van der Waals surface area (Å²) in [6, 6.07) is 5.52. The first-order valence-corrected chi connectivity index (χ1v) is 7.26. The van der Waals surface area contributed by atoms with E-state index in [-0.39, 0.29) is 6.79 Å². The molecule has 116 valence electrons. The summed E-state index contributed by atoms with van der Waals surface area (Å²) in [5.41, 5.74) is 1.77. The monoisotopic (exact) mass is 310 g/mol. The van der Waals surface area contributed by atoms with Gasteiger partial charge in [0, 0.05) is 29.9 Å². The summed E-state index contributed by atoms with van der Waals surface area (Å²) >= 11 is 0. The number of hydrogen-bond donors (Lipinski definition) is 0. The van der Waals surface area contributed by atoms with E-state index < -0.39 is 0 Å². The lowest BCUT2D eigenvalue weighted by atomic mass is 10.2. The van der Waals surface area contributed by atoms with E-state index in [2.05, 4.69) is 15.3 Å². The van der Waals surface area contributed by atoms with Crippen LogP contribution in [0.25, 0.3) is 23.6 Å². The second-order valence-corrected chi connectivity index (χ2v) is 4.98. The van der Waals surface area contributed by atoms with Gasteiger partial charge in [-0.2, -0.15) is 5.10 Å². The number of hydrogen-bond acceptors (Lipinski definition) is 6. The van der Waals surface area contributed by atoms with Crippen molar-refractivity contribution >= 4 is 12.2 Å². The summed E-state index contributed by atoms with van der Waals surface area (Å²) < 4.78 is 18.1. The van der Waals surface area contributed by atoms with Crippen molar-refractivity contribution in [1.29, 1.82) is 0 Å². The van der Waals surface area contributed by atoms with Gasteiger partial charge in [0.05, 0.1) is 6.20 Å². The molecular weight excluding hydrogens is 296 g/mol. The first kappa shape index (κ1) is 13.6. The van der Waals surface area contributed by atoms with Gasteiger partial charge in [0.2, 0.25) is 18.6 Å². The number of fused-ring (bicyclic) bond motifs is 1. The molecule has 1 aromatic carbocycles. The van der Waals surface area contributed by atoms with E-state index in [1.165, 1.54) is 0 Å². The smallest absolute Gasteiger partial charge is 0.248 e. The third-order valence-corrected chi connectivity index (χ3v) is 3.46. The van der Waals surface area contributed by atoms with Crippen molar-refractivity contribution in [2.24, 2.45) is 0 Å². The van der Waals surface area contributed by atoms with E-state index in [0.29, 0.717) is 17.5 Å². The Morgan fingerprint density at radius 3 is 2.96 bits per heavy atom. The van der Waals surface area contributed by atoms with Gasteiger partial charge in [-0.3, -0.25) is 4.68 Å². The molecule has 3 aromatic rings. The molecule has 7 nitrogen and oxygen atoms in total. The lowest BCUT2D eigenvalue weighted by Gasteiger charge is -1.97. The minimum Gasteiger partial charge on any atom is -0.454 e. The molecule has 4 rings (SSSR count). The lowest BCUT2D eigenvalue weighted by Crippen LogP contribution is -1.92. The fourth-order valence-corrected chi connectivity index (χ4v) is 2.25. The standard InChI is InChI=1S/C16H14N4O3/c1-2-20-9-11(8-17-20)3-6-15-18-19-16(23-15)12-4-5-13-14(7-12)22-10-21-13/h3-9H,2,10H2,1H3/b6-3+. The highest BCUT2D eigenvalue weighted by Crippen LogP contribution is 2.35. The van der Waals surface area contributed by atoms with Gasteiger partial charge in [-0.05, 0) is 31.2 Å². The first-order chi connectivity index (χ1) is 11.3. The van der Waals surface area contributed by atoms with Crippen LogP contribution in [0.5, 0.6) is 11.5 Å². The topological polar surface area (TPSA) is 75.2 Å². The van der Waals surface area contributed by atoms with E-state index in [4.69, 9.17) is 13.9 Å². The average molecular weight is 310 g/mol. The van der Waals surface area contributed by atoms with Crippen LogP contribution in [-0.4, -0.2) is 26.8 Å². The molecule has 0 atom stereocenters. The Morgan fingerprint density at radius 2 is 2.09 bits per heavy atom. The van der Waals surface area contributed by atoms with Crippen LogP contribution in [0.4, 0.5) is 0 Å².